The van der Waals surface area contributed by atoms with Crippen LogP contribution < -0.4 is 5.32 Å². The van der Waals surface area contributed by atoms with Gasteiger partial charge in [-0.1, -0.05) is 29.8 Å². The van der Waals surface area contributed by atoms with Gasteiger partial charge in [0.25, 0.3) is 0 Å². The lowest BCUT2D eigenvalue weighted by Gasteiger charge is -2.17. The third-order valence-corrected chi connectivity index (χ3v) is 4.05. The fraction of sp³-hybridized carbons (Fsp3) is 0.556. The molecule has 1 atom stereocenters. The van der Waals surface area contributed by atoms with Crippen molar-refractivity contribution >= 4 is 11.8 Å². The molecule has 1 heterocycles. The van der Waals surface area contributed by atoms with Gasteiger partial charge in [0.15, 0.2) is 0 Å². The van der Waals surface area contributed by atoms with E-state index in [1.54, 1.807) is 4.90 Å². The SMILES string of the molecule is CCOCCCNC(=O)C1CC(=O)N(Cc2ccc(C)cc2)C1. The van der Waals surface area contributed by atoms with E-state index in [1.165, 1.54) is 5.56 Å². The summed E-state index contributed by atoms with van der Waals surface area (Å²) in [6.07, 6.45) is 1.11. The maximum Gasteiger partial charge on any atom is 0.225 e. The molecule has 0 radical (unpaired) electrons. The van der Waals surface area contributed by atoms with Gasteiger partial charge in [0.05, 0.1) is 5.92 Å². The molecule has 1 fully saturated rings. The number of amides is 2. The molecule has 0 aromatic heterocycles. The van der Waals surface area contributed by atoms with E-state index in [4.69, 9.17) is 4.74 Å². The van der Waals surface area contributed by atoms with Gasteiger partial charge in [0, 0.05) is 39.3 Å². The lowest BCUT2D eigenvalue weighted by molar-refractivity contribution is -0.129. The normalized spacial score (nSPS) is 17.6. The molecule has 1 unspecified atom stereocenters. The number of hydrogen-bond acceptors (Lipinski definition) is 3. The van der Waals surface area contributed by atoms with Crippen molar-refractivity contribution in [2.24, 2.45) is 5.92 Å². The van der Waals surface area contributed by atoms with E-state index in [-0.39, 0.29) is 17.7 Å². The van der Waals surface area contributed by atoms with E-state index in [9.17, 15) is 9.59 Å². The first-order chi connectivity index (χ1) is 11.1. The van der Waals surface area contributed by atoms with Crippen molar-refractivity contribution in [3.8, 4) is 0 Å². The fourth-order valence-corrected chi connectivity index (χ4v) is 2.69. The van der Waals surface area contributed by atoms with Crippen LogP contribution in [0.1, 0.15) is 30.9 Å². The van der Waals surface area contributed by atoms with Crippen molar-refractivity contribution in [2.45, 2.75) is 33.2 Å². The molecule has 0 spiro atoms. The number of rotatable bonds is 8. The van der Waals surface area contributed by atoms with Gasteiger partial charge in [-0.3, -0.25) is 9.59 Å². The first kappa shape index (κ1) is 17.5. The standard InChI is InChI=1S/C18H26N2O3/c1-3-23-10-4-9-19-18(22)16-11-17(21)20(13-16)12-15-7-5-14(2)6-8-15/h5-8,16H,3-4,9-13H2,1-2H3,(H,19,22). The van der Waals surface area contributed by atoms with Crippen molar-refractivity contribution < 1.29 is 14.3 Å². The summed E-state index contributed by atoms with van der Waals surface area (Å²) < 4.78 is 5.24. The minimum atomic E-state index is -0.236. The summed E-state index contributed by atoms with van der Waals surface area (Å²) in [6, 6.07) is 8.14. The molecule has 0 bridgehead atoms. The first-order valence-electron chi connectivity index (χ1n) is 8.29. The fourth-order valence-electron chi connectivity index (χ4n) is 2.69. The number of benzene rings is 1. The summed E-state index contributed by atoms with van der Waals surface area (Å²) in [5.74, 6) is -0.207. The summed E-state index contributed by atoms with van der Waals surface area (Å²) in [5, 5.41) is 2.90. The minimum Gasteiger partial charge on any atom is -0.382 e. The van der Waals surface area contributed by atoms with E-state index in [1.807, 2.05) is 38.1 Å². The van der Waals surface area contributed by atoms with Crippen LogP contribution in [0.4, 0.5) is 0 Å². The summed E-state index contributed by atoms with van der Waals surface area (Å²) in [6.45, 7) is 7.01. The molecule has 2 rings (SSSR count). The molecule has 5 heteroatoms. The molecule has 1 aromatic rings. The molecule has 0 aliphatic carbocycles. The molecule has 1 saturated heterocycles. The number of carbonyl (C=O) groups is 2. The predicted molar refractivity (Wildman–Crippen MR) is 88.8 cm³/mol. The minimum absolute atomic E-state index is 0.0266. The third-order valence-electron chi connectivity index (χ3n) is 4.05. The Kier molecular flexibility index (Phi) is 6.59. The highest BCUT2D eigenvalue weighted by Gasteiger charge is 2.33. The van der Waals surface area contributed by atoms with Crippen molar-refractivity contribution in [3.63, 3.8) is 0 Å². The van der Waals surface area contributed by atoms with E-state index in [0.717, 1.165) is 12.0 Å². The lowest BCUT2D eigenvalue weighted by Crippen LogP contribution is -2.33. The third kappa shape index (κ3) is 5.36. The lowest BCUT2D eigenvalue weighted by atomic mass is 10.1. The summed E-state index contributed by atoms with van der Waals surface area (Å²) in [4.78, 5) is 26.0. The van der Waals surface area contributed by atoms with Gasteiger partial charge in [-0.2, -0.15) is 0 Å². The zero-order valence-corrected chi connectivity index (χ0v) is 14.0. The van der Waals surface area contributed by atoms with Crippen LogP contribution in [0.25, 0.3) is 0 Å². The number of likely N-dealkylation sites (tertiary alicyclic amines) is 1. The average molecular weight is 318 g/mol. The van der Waals surface area contributed by atoms with Gasteiger partial charge in [0.1, 0.15) is 0 Å². The molecular weight excluding hydrogens is 292 g/mol. The Hall–Kier alpha value is -1.88. The topological polar surface area (TPSA) is 58.6 Å². The first-order valence-corrected chi connectivity index (χ1v) is 8.29. The Balaban J connectivity index is 1.77. The highest BCUT2D eigenvalue weighted by Crippen LogP contribution is 2.20. The number of carbonyl (C=O) groups excluding carboxylic acids is 2. The molecule has 0 saturated carbocycles. The predicted octanol–water partition coefficient (Wildman–Crippen LogP) is 1.89. The highest BCUT2D eigenvalue weighted by molar-refractivity contribution is 5.89. The van der Waals surface area contributed by atoms with E-state index in [2.05, 4.69) is 5.32 Å². The molecular formula is C18H26N2O3. The van der Waals surface area contributed by atoms with Gasteiger partial charge in [-0.05, 0) is 25.8 Å². The molecule has 5 nitrogen and oxygen atoms in total. The molecule has 1 aliphatic heterocycles. The zero-order valence-electron chi connectivity index (χ0n) is 14.0. The molecule has 1 N–H and O–H groups in total. The van der Waals surface area contributed by atoms with E-state index < -0.39 is 0 Å². The highest BCUT2D eigenvalue weighted by atomic mass is 16.5. The quantitative estimate of drug-likeness (QED) is 0.745. The molecule has 1 aliphatic rings. The Morgan fingerprint density at radius 2 is 2.09 bits per heavy atom. The van der Waals surface area contributed by atoms with Crippen LogP contribution in [0.2, 0.25) is 0 Å². The zero-order chi connectivity index (χ0) is 16.7. The van der Waals surface area contributed by atoms with Crippen LogP contribution in [-0.2, 0) is 20.9 Å². The summed E-state index contributed by atoms with van der Waals surface area (Å²) in [7, 11) is 0. The number of hydrogen-bond donors (Lipinski definition) is 1. The number of nitrogens with zero attached hydrogens (tertiary/aromatic N) is 1. The van der Waals surface area contributed by atoms with Crippen LogP contribution in [0.5, 0.6) is 0 Å². The average Bonchev–Trinajstić information content (AvgIpc) is 2.90. The monoisotopic (exact) mass is 318 g/mol. The van der Waals surface area contributed by atoms with Crippen molar-refractivity contribution in [3.05, 3.63) is 35.4 Å². The molecule has 126 valence electrons. The van der Waals surface area contributed by atoms with Crippen LogP contribution in [0, 0.1) is 12.8 Å². The van der Waals surface area contributed by atoms with Gasteiger partial charge < -0.3 is 15.0 Å². The second-order valence-electron chi connectivity index (χ2n) is 6.00. The second kappa shape index (κ2) is 8.67. The largest absolute Gasteiger partial charge is 0.382 e. The Bertz CT molecular complexity index is 528. The number of aryl methyl sites for hydroxylation is 1. The number of nitrogens with one attached hydrogen (secondary N) is 1. The molecule has 23 heavy (non-hydrogen) atoms. The maximum atomic E-state index is 12.1. The second-order valence-corrected chi connectivity index (χ2v) is 6.00. The maximum absolute atomic E-state index is 12.1. The van der Waals surface area contributed by atoms with E-state index in [0.29, 0.717) is 39.3 Å². The van der Waals surface area contributed by atoms with Crippen LogP contribution in [0.3, 0.4) is 0 Å². The van der Waals surface area contributed by atoms with Crippen LogP contribution in [0.15, 0.2) is 24.3 Å². The van der Waals surface area contributed by atoms with Gasteiger partial charge in [0.2, 0.25) is 11.8 Å². The summed E-state index contributed by atoms with van der Waals surface area (Å²) >= 11 is 0. The van der Waals surface area contributed by atoms with Gasteiger partial charge >= 0.3 is 0 Å². The van der Waals surface area contributed by atoms with Crippen molar-refractivity contribution in [2.75, 3.05) is 26.3 Å². The van der Waals surface area contributed by atoms with Crippen molar-refractivity contribution in [1.82, 2.24) is 10.2 Å². The van der Waals surface area contributed by atoms with Crippen molar-refractivity contribution in [1.29, 1.82) is 0 Å². The van der Waals surface area contributed by atoms with E-state index >= 15 is 0 Å². The molecule has 2 amide bonds. The molecule has 1 aromatic carbocycles. The Morgan fingerprint density at radius 1 is 1.35 bits per heavy atom. The van der Waals surface area contributed by atoms with Crippen LogP contribution in [-0.4, -0.2) is 43.0 Å². The number of ether oxygens (including phenoxy) is 1. The Labute approximate surface area is 138 Å². The van der Waals surface area contributed by atoms with Crippen LogP contribution >= 0.6 is 0 Å². The summed E-state index contributed by atoms with van der Waals surface area (Å²) in [5.41, 5.74) is 2.30. The van der Waals surface area contributed by atoms with Gasteiger partial charge in [-0.25, -0.2) is 0 Å². The van der Waals surface area contributed by atoms with Gasteiger partial charge in [-0.15, -0.1) is 0 Å². The smallest absolute Gasteiger partial charge is 0.225 e. The Morgan fingerprint density at radius 3 is 2.78 bits per heavy atom.